The third kappa shape index (κ3) is 4.09. The Morgan fingerprint density at radius 3 is 2.36 bits per heavy atom. The lowest BCUT2D eigenvalue weighted by Crippen LogP contribution is -2.42. The smallest absolute Gasteiger partial charge is 0.243 e. The van der Waals surface area contributed by atoms with E-state index in [0.717, 1.165) is 17.9 Å². The molecule has 0 unspecified atom stereocenters. The molecule has 0 aliphatic heterocycles. The van der Waals surface area contributed by atoms with E-state index in [0.29, 0.717) is 6.42 Å². The van der Waals surface area contributed by atoms with Crippen LogP contribution in [-0.4, -0.2) is 26.1 Å². The minimum atomic E-state index is -0.507. The number of rotatable bonds is 6. The molecular weight excluding hydrogens is 276 g/mol. The topological polar surface area (TPSA) is 55.6 Å². The predicted molar refractivity (Wildman–Crippen MR) is 89.1 cm³/mol. The molecule has 2 aromatic carbocycles. The highest BCUT2D eigenvalue weighted by molar-refractivity contribution is 5.96. The van der Waals surface area contributed by atoms with Gasteiger partial charge in [-0.25, -0.2) is 0 Å². The minimum absolute atomic E-state index is 0.0823. The van der Waals surface area contributed by atoms with Crippen molar-refractivity contribution in [2.75, 3.05) is 19.1 Å². The van der Waals surface area contributed by atoms with Crippen LogP contribution in [0.15, 0.2) is 54.6 Å². The van der Waals surface area contributed by atoms with Gasteiger partial charge in [0.15, 0.2) is 0 Å². The average molecular weight is 298 g/mol. The molecule has 2 aromatic rings. The van der Waals surface area contributed by atoms with E-state index in [-0.39, 0.29) is 5.91 Å². The molecule has 2 N–H and O–H groups in total. The number of methoxy groups -OCH3 is 1. The first-order chi connectivity index (χ1) is 10.6. The molecule has 4 heteroatoms. The highest BCUT2D eigenvalue weighted by Crippen LogP contribution is 2.19. The van der Waals surface area contributed by atoms with Crippen LogP contribution in [-0.2, 0) is 11.2 Å². The number of benzene rings is 2. The molecule has 0 radical (unpaired) electrons. The van der Waals surface area contributed by atoms with E-state index in [2.05, 4.69) is 0 Å². The fraction of sp³-hybridized carbons (Fsp3) is 0.278. The van der Waals surface area contributed by atoms with Crippen LogP contribution in [0.1, 0.15) is 12.0 Å². The summed E-state index contributed by atoms with van der Waals surface area (Å²) >= 11 is 0. The summed E-state index contributed by atoms with van der Waals surface area (Å²) in [6, 6.07) is 16.9. The number of ether oxygens (including phenoxy) is 1. The second-order valence-corrected chi connectivity index (χ2v) is 5.23. The summed E-state index contributed by atoms with van der Waals surface area (Å²) in [4.78, 5) is 14.0. The lowest BCUT2D eigenvalue weighted by atomic mass is 10.0. The number of likely N-dealkylation sites (N-methyl/N-ethyl adjacent to an activating group) is 1. The van der Waals surface area contributed by atoms with E-state index >= 15 is 0 Å². The Balaban J connectivity index is 1.93. The van der Waals surface area contributed by atoms with E-state index in [1.165, 1.54) is 5.56 Å². The number of nitrogens with two attached hydrogens (primary N) is 1. The molecule has 0 bridgehead atoms. The Kier molecular flexibility index (Phi) is 5.55. The monoisotopic (exact) mass is 298 g/mol. The lowest BCUT2D eigenvalue weighted by Gasteiger charge is -2.21. The molecule has 0 aromatic heterocycles. The number of aryl methyl sites for hydroxylation is 1. The Hall–Kier alpha value is -2.33. The van der Waals surface area contributed by atoms with Crippen LogP contribution in [0.5, 0.6) is 5.75 Å². The molecule has 4 nitrogen and oxygen atoms in total. The number of nitrogens with zero attached hydrogens (tertiary/aromatic N) is 1. The summed E-state index contributed by atoms with van der Waals surface area (Å²) in [6.07, 6.45) is 1.42. The van der Waals surface area contributed by atoms with Crippen molar-refractivity contribution in [3.8, 4) is 5.75 Å². The Morgan fingerprint density at radius 1 is 1.14 bits per heavy atom. The molecule has 0 heterocycles. The van der Waals surface area contributed by atoms with Gasteiger partial charge < -0.3 is 15.4 Å². The van der Waals surface area contributed by atoms with Gasteiger partial charge in [-0.1, -0.05) is 30.3 Å². The largest absolute Gasteiger partial charge is 0.497 e. The molecule has 0 saturated heterocycles. The number of anilines is 1. The van der Waals surface area contributed by atoms with E-state index in [1.807, 2.05) is 54.6 Å². The van der Waals surface area contributed by atoms with Crippen molar-refractivity contribution in [2.24, 2.45) is 5.73 Å². The fourth-order valence-electron chi connectivity index (χ4n) is 2.27. The zero-order valence-corrected chi connectivity index (χ0v) is 13.0. The normalized spacial score (nSPS) is 11.8. The van der Waals surface area contributed by atoms with Crippen molar-refractivity contribution in [3.63, 3.8) is 0 Å². The highest BCUT2D eigenvalue weighted by Gasteiger charge is 2.19. The van der Waals surface area contributed by atoms with Gasteiger partial charge in [-0.2, -0.15) is 0 Å². The van der Waals surface area contributed by atoms with Crippen molar-refractivity contribution in [1.29, 1.82) is 0 Å². The highest BCUT2D eigenvalue weighted by atomic mass is 16.5. The molecule has 22 heavy (non-hydrogen) atoms. The second-order valence-electron chi connectivity index (χ2n) is 5.23. The molecule has 0 aliphatic rings. The SMILES string of the molecule is COc1ccc(N(C)C(=O)[C@@H](N)CCc2ccccc2)cc1. The third-order valence-electron chi connectivity index (χ3n) is 3.69. The number of hydrogen-bond donors (Lipinski definition) is 1. The summed E-state index contributed by atoms with van der Waals surface area (Å²) in [7, 11) is 3.36. The van der Waals surface area contributed by atoms with E-state index in [1.54, 1.807) is 19.1 Å². The standard InChI is InChI=1S/C18H22N2O2/c1-20(15-9-11-16(22-2)12-10-15)18(21)17(19)13-8-14-6-4-3-5-7-14/h3-7,9-12,17H,8,13,19H2,1-2H3/t17-/m0/s1. The lowest BCUT2D eigenvalue weighted by molar-refractivity contribution is -0.119. The van der Waals surface area contributed by atoms with Gasteiger partial charge in [-0.05, 0) is 42.7 Å². The van der Waals surface area contributed by atoms with Gasteiger partial charge in [0.05, 0.1) is 13.2 Å². The van der Waals surface area contributed by atoms with Crippen LogP contribution in [0, 0.1) is 0 Å². The average Bonchev–Trinajstić information content (AvgIpc) is 2.59. The number of hydrogen-bond acceptors (Lipinski definition) is 3. The van der Waals surface area contributed by atoms with Gasteiger partial charge in [0.2, 0.25) is 5.91 Å². The minimum Gasteiger partial charge on any atom is -0.497 e. The molecule has 1 amide bonds. The second kappa shape index (κ2) is 7.61. The van der Waals surface area contributed by atoms with Crippen LogP contribution in [0.25, 0.3) is 0 Å². The van der Waals surface area contributed by atoms with E-state index in [4.69, 9.17) is 10.5 Å². The molecule has 0 aliphatic carbocycles. The first kappa shape index (κ1) is 16.0. The maximum atomic E-state index is 12.4. The van der Waals surface area contributed by atoms with Gasteiger partial charge in [0, 0.05) is 12.7 Å². The number of carbonyl (C=O) groups excluding carboxylic acids is 1. The van der Waals surface area contributed by atoms with Gasteiger partial charge in [-0.3, -0.25) is 4.79 Å². The molecule has 116 valence electrons. The zero-order valence-electron chi connectivity index (χ0n) is 13.0. The predicted octanol–water partition coefficient (Wildman–Crippen LogP) is 2.62. The van der Waals surface area contributed by atoms with Gasteiger partial charge in [0.1, 0.15) is 5.75 Å². The van der Waals surface area contributed by atoms with Crippen LogP contribution >= 0.6 is 0 Å². The summed E-state index contributed by atoms with van der Waals surface area (Å²) in [5.41, 5.74) is 8.04. The zero-order chi connectivity index (χ0) is 15.9. The summed E-state index contributed by atoms with van der Waals surface area (Å²) in [5, 5.41) is 0. The summed E-state index contributed by atoms with van der Waals surface area (Å²) < 4.78 is 5.12. The Labute approximate surface area is 131 Å². The van der Waals surface area contributed by atoms with Gasteiger partial charge >= 0.3 is 0 Å². The summed E-state index contributed by atoms with van der Waals surface area (Å²) in [5.74, 6) is 0.680. The molecule has 1 atom stereocenters. The molecule has 0 saturated carbocycles. The van der Waals surface area contributed by atoms with Crippen molar-refractivity contribution in [3.05, 3.63) is 60.2 Å². The van der Waals surface area contributed by atoms with E-state index < -0.39 is 6.04 Å². The van der Waals surface area contributed by atoms with Crippen LogP contribution in [0.4, 0.5) is 5.69 Å². The van der Waals surface area contributed by atoms with Crippen LogP contribution in [0.3, 0.4) is 0 Å². The number of amides is 1. The van der Waals surface area contributed by atoms with Crippen LogP contribution < -0.4 is 15.4 Å². The Bertz CT molecular complexity index is 596. The maximum absolute atomic E-state index is 12.4. The van der Waals surface area contributed by atoms with Gasteiger partial charge in [-0.15, -0.1) is 0 Å². The Morgan fingerprint density at radius 2 is 1.77 bits per heavy atom. The van der Waals surface area contributed by atoms with Gasteiger partial charge in [0.25, 0.3) is 0 Å². The number of carbonyl (C=O) groups is 1. The molecule has 0 spiro atoms. The third-order valence-corrected chi connectivity index (χ3v) is 3.69. The van der Waals surface area contributed by atoms with Crippen molar-refractivity contribution >= 4 is 11.6 Å². The van der Waals surface area contributed by atoms with Crippen LogP contribution in [0.2, 0.25) is 0 Å². The van der Waals surface area contributed by atoms with Crippen molar-refractivity contribution < 1.29 is 9.53 Å². The maximum Gasteiger partial charge on any atom is 0.243 e. The van der Waals surface area contributed by atoms with Crippen molar-refractivity contribution in [2.45, 2.75) is 18.9 Å². The summed E-state index contributed by atoms with van der Waals surface area (Å²) in [6.45, 7) is 0. The quantitative estimate of drug-likeness (QED) is 0.892. The van der Waals surface area contributed by atoms with E-state index in [9.17, 15) is 4.79 Å². The molecule has 2 rings (SSSR count). The molecule has 0 fully saturated rings. The van der Waals surface area contributed by atoms with Crippen molar-refractivity contribution in [1.82, 2.24) is 0 Å². The molecular formula is C18H22N2O2. The first-order valence-electron chi connectivity index (χ1n) is 7.33. The first-order valence-corrected chi connectivity index (χ1v) is 7.33. The fourth-order valence-corrected chi connectivity index (χ4v) is 2.27.